The third kappa shape index (κ3) is 11.0. The molecule has 73 heavy (non-hydrogen) atoms. The van der Waals surface area contributed by atoms with Crippen LogP contribution in [0.15, 0.2) is 41.9 Å². The Kier molecular flexibility index (Phi) is 15.8. The number of hydrogen-bond donors (Lipinski definition) is 2. The van der Waals surface area contributed by atoms with Crippen molar-refractivity contribution in [3.05, 3.63) is 58.2 Å². The third-order valence-electron chi connectivity index (χ3n) is 15.4. The van der Waals surface area contributed by atoms with Crippen molar-refractivity contribution in [1.82, 2.24) is 49.9 Å². The molecule has 3 aromatic heterocycles. The normalized spacial score (nSPS) is 22.1. The van der Waals surface area contributed by atoms with E-state index in [0.717, 1.165) is 44.7 Å². The third-order valence-corrected chi connectivity index (χ3v) is 16.3. The maximum Gasteiger partial charge on any atom is 0.324 e. The van der Waals surface area contributed by atoms with Crippen LogP contribution >= 0.6 is 11.3 Å². The van der Waals surface area contributed by atoms with Crippen LogP contribution in [0.25, 0.3) is 33.4 Å². The number of methoxy groups -OCH3 is 1. The molecular formula is C55H74N10O7S. The highest BCUT2D eigenvalue weighted by atomic mass is 32.1. The average Bonchev–Trinajstić information content (AvgIpc) is 3.95. The minimum Gasteiger partial charge on any atom is -0.464 e. The Hall–Kier alpha value is -5.87. The number of pyridine rings is 1. The predicted octanol–water partition coefficient (Wildman–Crippen LogP) is 6.16. The summed E-state index contributed by atoms with van der Waals surface area (Å²) in [6.07, 6.45) is 3.79. The van der Waals surface area contributed by atoms with E-state index in [-0.39, 0.29) is 48.9 Å². The molecule has 3 fully saturated rings. The number of ether oxygens (including phenoxy) is 2. The summed E-state index contributed by atoms with van der Waals surface area (Å²) in [4.78, 5) is 87.8. The van der Waals surface area contributed by atoms with Gasteiger partial charge in [-0.15, -0.1) is 11.3 Å². The Balaban J connectivity index is 1.07. The number of carbonyl (C=O) groups excluding carboxylic acids is 5. The zero-order valence-electron chi connectivity index (χ0n) is 44.7. The lowest BCUT2D eigenvalue weighted by Crippen LogP contribution is -2.68. The molecule has 1 aromatic carbocycles. The van der Waals surface area contributed by atoms with Crippen LogP contribution in [0, 0.1) is 29.1 Å². The van der Waals surface area contributed by atoms with E-state index in [1.165, 1.54) is 21.2 Å². The number of fused-ring (bicyclic) bond motifs is 7. The van der Waals surface area contributed by atoms with Gasteiger partial charge in [0.2, 0.25) is 5.91 Å². The molecule has 2 N–H and O–H groups in total. The molecule has 18 heteroatoms. The van der Waals surface area contributed by atoms with Gasteiger partial charge >= 0.3 is 12.0 Å². The largest absolute Gasteiger partial charge is 0.464 e. The molecule has 7 heterocycles. The number of urea groups is 1. The zero-order chi connectivity index (χ0) is 52.7. The van der Waals surface area contributed by atoms with Crippen molar-refractivity contribution in [3.63, 3.8) is 0 Å². The smallest absolute Gasteiger partial charge is 0.324 e. The summed E-state index contributed by atoms with van der Waals surface area (Å²) in [6, 6.07) is 7.29. The highest BCUT2D eigenvalue weighted by molar-refractivity contribution is 7.10. The number of aromatic nitrogens is 3. The van der Waals surface area contributed by atoms with Gasteiger partial charge in [-0.2, -0.15) is 0 Å². The summed E-state index contributed by atoms with van der Waals surface area (Å²) in [7, 11) is 7.18. The molecule has 4 aromatic rings. The molecule has 0 saturated carbocycles. The van der Waals surface area contributed by atoms with Crippen LogP contribution in [-0.4, -0.2) is 160 Å². The number of esters is 1. The van der Waals surface area contributed by atoms with E-state index in [2.05, 4.69) is 72.2 Å². The lowest BCUT2D eigenvalue weighted by atomic mass is 9.82. The molecule has 0 spiro atoms. The molecular weight excluding hydrogens is 945 g/mol. The molecule has 4 aliphatic rings. The van der Waals surface area contributed by atoms with E-state index >= 15 is 0 Å². The number of amides is 5. The maximum atomic E-state index is 14.8. The fraction of sp³-hybridized carbons (Fsp3) is 0.582. The minimum atomic E-state index is -1.09. The van der Waals surface area contributed by atoms with Crippen molar-refractivity contribution in [2.45, 2.75) is 130 Å². The second kappa shape index (κ2) is 21.5. The van der Waals surface area contributed by atoms with Gasteiger partial charge in [-0.1, -0.05) is 39.7 Å². The van der Waals surface area contributed by atoms with E-state index in [0.29, 0.717) is 63.4 Å². The number of likely N-dealkylation sites (N-methyl/N-ethyl adjacent to an activating group) is 1. The van der Waals surface area contributed by atoms with Crippen molar-refractivity contribution < 1.29 is 33.4 Å². The molecule has 8 rings (SSSR count). The number of hydrogen-bond acceptors (Lipinski definition) is 12. The van der Waals surface area contributed by atoms with Gasteiger partial charge in [-0.05, 0) is 109 Å². The SMILES string of the molecule is CCn1c(-c2cccnc2[C@H](C)OC)c2c3cc(ccc31)-c1csc(n1)C[C@H](NC(=O)[C@H](C(C)C)N(C)C(=O)N1C[C@H]3CN(C(=O)C#CC(C)(C)N(C)C)CC[C@H]31)C(=O)N1CCC[C@H](N1)C(=O)OCC(C)(C)C2. The quantitative estimate of drug-likeness (QED) is 0.145. The van der Waals surface area contributed by atoms with Gasteiger partial charge < -0.3 is 34.1 Å². The number of aryl methyl sites for hydroxylation is 1. The summed E-state index contributed by atoms with van der Waals surface area (Å²) >= 11 is 1.41. The molecule has 6 atom stereocenters. The van der Waals surface area contributed by atoms with Crippen LogP contribution in [0.4, 0.5) is 4.79 Å². The Morgan fingerprint density at radius 2 is 1.85 bits per heavy atom. The highest BCUT2D eigenvalue weighted by Crippen LogP contribution is 2.42. The molecule has 6 bridgehead atoms. The van der Waals surface area contributed by atoms with Crippen molar-refractivity contribution >= 4 is 52.0 Å². The van der Waals surface area contributed by atoms with Gasteiger partial charge in [0.05, 0.1) is 40.3 Å². The lowest BCUT2D eigenvalue weighted by molar-refractivity contribution is -0.155. The lowest BCUT2D eigenvalue weighted by Gasteiger charge is -2.54. The van der Waals surface area contributed by atoms with Crippen LogP contribution in [0.1, 0.15) is 97.0 Å². The average molecular weight is 1020 g/mol. The fourth-order valence-corrected chi connectivity index (χ4v) is 11.6. The topological polar surface area (TPSA) is 175 Å². The van der Waals surface area contributed by atoms with Crippen LogP contribution in [0.5, 0.6) is 0 Å². The molecule has 392 valence electrons. The van der Waals surface area contributed by atoms with Crippen LogP contribution in [0.2, 0.25) is 0 Å². The number of piperidine rings is 1. The maximum absolute atomic E-state index is 14.8. The summed E-state index contributed by atoms with van der Waals surface area (Å²) in [6.45, 7) is 18.6. The second-order valence-electron chi connectivity index (χ2n) is 22.1. The number of rotatable bonds is 9. The number of nitrogens with zero attached hydrogens (tertiary/aromatic N) is 8. The van der Waals surface area contributed by atoms with Crippen molar-refractivity contribution in [2.24, 2.45) is 17.3 Å². The Bertz CT molecular complexity index is 2810. The second-order valence-corrected chi connectivity index (χ2v) is 23.0. The van der Waals surface area contributed by atoms with Gasteiger partial charge in [0, 0.05) is 104 Å². The van der Waals surface area contributed by atoms with E-state index in [9.17, 15) is 24.0 Å². The first-order valence-electron chi connectivity index (χ1n) is 25.8. The molecule has 5 amide bonds. The first-order chi connectivity index (χ1) is 34.6. The van der Waals surface area contributed by atoms with Crippen molar-refractivity contribution in [1.29, 1.82) is 0 Å². The van der Waals surface area contributed by atoms with Crippen molar-refractivity contribution in [2.75, 3.05) is 61.0 Å². The summed E-state index contributed by atoms with van der Waals surface area (Å²) < 4.78 is 14.3. The van der Waals surface area contributed by atoms with Gasteiger partial charge in [-0.25, -0.2) is 15.2 Å². The Morgan fingerprint density at radius 1 is 1.08 bits per heavy atom. The number of hydrazine groups is 1. The summed E-state index contributed by atoms with van der Waals surface area (Å²) in [5.41, 5.74) is 8.83. The molecule has 0 radical (unpaired) electrons. The molecule has 17 nitrogen and oxygen atoms in total. The molecule has 0 aliphatic carbocycles. The van der Waals surface area contributed by atoms with E-state index < -0.39 is 46.9 Å². The van der Waals surface area contributed by atoms with Gasteiger partial charge in [0.1, 0.15) is 18.1 Å². The molecule has 0 unspecified atom stereocenters. The monoisotopic (exact) mass is 1020 g/mol. The van der Waals surface area contributed by atoms with Gasteiger partial charge in [0.25, 0.3) is 11.8 Å². The number of thiazole rings is 1. The Labute approximate surface area is 434 Å². The van der Waals surface area contributed by atoms with E-state index in [1.807, 2.05) is 65.1 Å². The number of cyclic esters (lactones) is 1. The zero-order valence-corrected chi connectivity index (χ0v) is 45.5. The van der Waals surface area contributed by atoms with Crippen LogP contribution in [-0.2, 0) is 48.0 Å². The predicted molar refractivity (Wildman–Crippen MR) is 282 cm³/mol. The minimum absolute atomic E-state index is 0.0704. The highest BCUT2D eigenvalue weighted by Gasteiger charge is 2.48. The van der Waals surface area contributed by atoms with E-state index in [1.54, 1.807) is 30.2 Å². The number of carbonyl (C=O) groups is 5. The summed E-state index contributed by atoms with van der Waals surface area (Å²) in [5.74, 6) is 4.16. The fourth-order valence-electron chi connectivity index (χ4n) is 10.7. The summed E-state index contributed by atoms with van der Waals surface area (Å²) in [5, 5.41) is 8.17. The molecule has 3 saturated heterocycles. The standard InChI is InChI=1S/C55H74N10O7S/c1-13-63-44-19-18-35-26-38(44)39(49(63)37-16-14-23-56-47(37)34(4)71-12)28-54(5,6)32-72-52(69)40-17-15-24-65(59-40)51(68)41(27-45-57-42(35)31-73-45)58-50(67)48(33(2)3)61(11)53(70)64-30-36-29-62(25-21-43(36)64)46(66)20-22-55(7,8)60(9)10/h14,16,18-19,23,26,31,33-34,36,40-41,43,48,59H,13,15,17,21,24-25,27-30,32H2,1-12H3,(H,58,67)/t34-,36+,40-,41-,43+,48-/m0/s1. The van der Waals surface area contributed by atoms with E-state index in [4.69, 9.17) is 19.4 Å². The Morgan fingerprint density at radius 3 is 2.55 bits per heavy atom. The van der Waals surface area contributed by atoms with Crippen molar-refractivity contribution in [3.8, 4) is 34.4 Å². The first-order valence-corrected chi connectivity index (χ1v) is 26.7. The molecule has 4 aliphatic heterocycles. The van der Waals surface area contributed by atoms with Crippen LogP contribution in [0.3, 0.4) is 0 Å². The number of benzene rings is 1. The van der Waals surface area contributed by atoms with Gasteiger partial charge in [-0.3, -0.25) is 34.1 Å². The number of nitrogens with one attached hydrogen (secondary N) is 2. The van der Waals surface area contributed by atoms with Crippen LogP contribution < -0.4 is 10.7 Å². The van der Waals surface area contributed by atoms with Gasteiger partial charge in [0.15, 0.2) is 0 Å². The number of likely N-dealkylation sites (tertiary alicyclic amines) is 2. The first kappa shape index (κ1) is 53.4.